The average molecular weight is 272 g/mol. The molecule has 0 spiro atoms. The number of carbonyl (C=O) groups is 1. The molecule has 0 aromatic heterocycles. The second kappa shape index (κ2) is 7.62. The number of hydrogen-bond donors (Lipinski definition) is 1. The van der Waals surface area contributed by atoms with Gasteiger partial charge in [0.1, 0.15) is 5.38 Å². The molecule has 0 saturated heterocycles. The van der Waals surface area contributed by atoms with E-state index in [9.17, 15) is 4.79 Å². The number of benzene rings is 1. The first kappa shape index (κ1) is 14.4. The molecule has 0 aliphatic heterocycles. The highest BCUT2D eigenvalue weighted by atomic mass is 35.5. The maximum atomic E-state index is 11.9. The summed E-state index contributed by atoms with van der Waals surface area (Å²) in [7, 11) is 0. The fourth-order valence-electron chi connectivity index (χ4n) is 1.46. The third kappa shape index (κ3) is 5.00. The number of hydrogen-bond acceptors (Lipinski definition) is 2. The van der Waals surface area contributed by atoms with E-state index in [1.165, 1.54) is 0 Å². The summed E-state index contributed by atoms with van der Waals surface area (Å²) in [5, 5.41) is 2.32. The Morgan fingerprint density at radius 2 is 2.06 bits per heavy atom. The van der Waals surface area contributed by atoms with Crippen molar-refractivity contribution in [3.05, 3.63) is 35.9 Å². The Hall–Kier alpha value is -0.670. The van der Waals surface area contributed by atoms with Crippen LogP contribution in [-0.4, -0.2) is 24.0 Å². The van der Waals surface area contributed by atoms with Gasteiger partial charge in [-0.3, -0.25) is 4.79 Å². The first-order chi connectivity index (χ1) is 8.15. The molecule has 0 radical (unpaired) electrons. The van der Waals surface area contributed by atoms with Crippen LogP contribution in [0.2, 0.25) is 0 Å². The standard InChI is InChI=1S/C13H18ClNOS/c1-10(8-9-17-2)15-13(16)12(14)11-6-4-3-5-7-11/h3-7,10,12H,8-9H2,1-2H3,(H,15,16). The van der Waals surface area contributed by atoms with E-state index in [1.807, 2.05) is 37.3 Å². The van der Waals surface area contributed by atoms with Gasteiger partial charge in [-0.2, -0.15) is 11.8 Å². The molecule has 1 aromatic rings. The summed E-state index contributed by atoms with van der Waals surface area (Å²) < 4.78 is 0. The predicted molar refractivity (Wildman–Crippen MR) is 75.6 cm³/mol. The number of rotatable bonds is 6. The third-order valence-electron chi connectivity index (χ3n) is 2.47. The Balaban J connectivity index is 2.47. The van der Waals surface area contributed by atoms with Crippen LogP contribution in [0, 0.1) is 0 Å². The minimum atomic E-state index is -0.604. The van der Waals surface area contributed by atoms with Gasteiger partial charge in [0.05, 0.1) is 0 Å². The molecule has 1 aromatic carbocycles. The van der Waals surface area contributed by atoms with Crippen LogP contribution in [0.1, 0.15) is 24.3 Å². The lowest BCUT2D eigenvalue weighted by molar-refractivity contribution is -0.121. The molecule has 0 aliphatic carbocycles. The van der Waals surface area contributed by atoms with Gasteiger partial charge in [-0.25, -0.2) is 0 Å². The average Bonchev–Trinajstić information content (AvgIpc) is 2.36. The van der Waals surface area contributed by atoms with Gasteiger partial charge in [0.25, 0.3) is 0 Å². The Morgan fingerprint density at radius 1 is 1.41 bits per heavy atom. The second-order valence-corrected chi connectivity index (χ2v) is 5.39. The largest absolute Gasteiger partial charge is 0.352 e. The van der Waals surface area contributed by atoms with Gasteiger partial charge in [-0.05, 0) is 30.9 Å². The molecule has 1 amide bonds. The zero-order chi connectivity index (χ0) is 12.7. The molecule has 17 heavy (non-hydrogen) atoms. The molecule has 0 fully saturated rings. The van der Waals surface area contributed by atoms with E-state index in [2.05, 4.69) is 11.6 Å². The molecule has 1 N–H and O–H groups in total. The van der Waals surface area contributed by atoms with E-state index in [0.717, 1.165) is 17.7 Å². The zero-order valence-electron chi connectivity index (χ0n) is 10.2. The van der Waals surface area contributed by atoms with Crippen molar-refractivity contribution in [3.63, 3.8) is 0 Å². The smallest absolute Gasteiger partial charge is 0.242 e. The van der Waals surface area contributed by atoms with Gasteiger partial charge in [-0.15, -0.1) is 11.6 Å². The zero-order valence-corrected chi connectivity index (χ0v) is 11.7. The lowest BCUT2D eigenvalue weighted by Gasteiger charge is -2.16. The molecule has 94 valence electrons. The summed E-state index contributed by atoms with van der Waals surface area (Å²) in [6, 6.07) is 9.57. The Labute approximate surface area is 112 Å². The van der Waals surface area contributed by atoms with Crippen LogP contribution in [0.5, 0.6) is 0 Å². The molecule has 2 nitrogen and oxygen atoms in total. The van der Waals surface area contributed by atoms with E-state index in [-0.39, 0.29) is 11.9 Å². The number of amides is 1. The molecule has 2 atom stereocenters. The van der Waals surface area contributed by atoms with Gasteiger partial charge in [0.2, 0.25) is 5.91 Å². The van der Waals surface area contributed by atoms with Gasteiger partial charge in [0.15, 0.2) is 0 Å². The van der Waals surface area contributed by atoms with Crippen LogP contribution < -0.4 is 5.32 Å². The minimum Gasteiger partial charge on any atom is -0.352 e. The van der Waals surface area contributed by atoms with Crippen molar-refractivity contribution in [2.45, 2.75) is 24.8 Å². The monoisotopic (exact) mass is 271 g/mol. The lowest BCUT2D eigenvalue weighted by Crippen LogP contribution is -2.35. The quantitative estimate of drug-likeness (QED) is 0.805. The van der Waals surface area contributed by atoms with Crippen LogP contribution in [-0.2, 0) is 4.79 Å². The lowest BCUT2D eigenvalue weighted by atomic mass is 10.1. The van der Waals surface area contributed by atoms with Gasteiger partial charge in [-0.1, -0.05) is 30.3 Å². The highest BCUT2D eigenvalue weighted by molar-refractivity contribution is 7.98. The first-order valence-electron chi connectivity index (χ1n) is 5.63. The van der Waals surface area contributed by atoms with Gasteiger partial charge in [0, 0.05) is 6.04 Å². The molecular formula is C13H18ClNOS. The molecule has 0 heterocycles. The fraction of sp³-hybridized carbons (Fsp3) is 0.462. The molecule has 4 heteroatoms. The molecule has 1 rings (SSSR count). The number of halogens is 1. The molecule has 0 bridgehead atoms. The van der Waals surface area contributed by atoms with Crippen molar-refractivity contribution in [3.8, 4) is 0 Å². The molecule has 2 unspecified atom stereocenters. The summed E-state index contributed by atoms with van der Waals surface area (Å²) in [6.07, 6.45) is 3.02. The Bertz CT molecular complexity index is 345. The van der Waals surface area contributed by atoms with Crippen LogP contribution in [0.4, 0.5) is 0 Å². The van der Waals surface area contributed by atoms with Crippen molar-refractivity contribution in [1.29, 1.82) is 0 Å². The summed E-state index contributed by atoms with van der Waals surface area (Å²) >= 11 is 7.90. The van der Waals surface area contributed by atoms with Gasteiger partial charge >= 0.3 is 0 Å². The molecule has 0 saturated carbocycles. The summed E-state index contributed by atoms with van der Waals surface area (Å²) in [5.41, 5.74) is 0.837. The van der Waals surface area contributed by atoms with Crippen LogP contribution in [0.25, 0.3) is 0 Å². The van der Waals surface area contributed by atoms with Crippen molar-refractivity contribution in [1.82, 2.24) is 5.32 Å². The van der Waals surface area contributed by atoms with E-state index in [4.69, 9.17) is 11.6 Å². The minimum absolute atomic E-state index is 0.119. The van der Waals surface area contributed by atoms with E-state index in [0.29, 0.717) is 0 Å². The van der Waals surface area contributed by atoms with Crippen LogP contribution in [0.15, 0.2) is 30.3 Å². The fourth-order valence-corrected chi connectivity index (χ4v) is 2.25. The third-order valence-corrected chi connectivity index (χ3v) is 3.56. The highest BCUT2D eigenvalue weighted by Gasteiger charge is 2.18. The van der Waals surface area contributed by atoms with Crippen LogP contribution in [0.3, 0.4) is 0 Å². The SMILES string of the molecule is CSCCC(C)NC(=O)C(Cl)c1ccccc1. The van der Waals surface area contributed by atoms with Crippen LogP contribution >= 0.6 is 23.4 Å². The number of nitrogens with one attached hydrogen (secondary N) is 1. The number of thioether (sulfide) groups is 1. The summed E-state index contributed by atoms with van der Waals surface area (Å²) in [4.78, 5) is 11.9. The number of carbonyl (C=O) groups excluding carboxylic acids is 1. The van der Waals surface area contributed by atoms with Crippen molar-refractivity contribution in [2.75, 3.05) is 12.0 Å². The van der Waals surface area contributed by atoms with Gasteiger partial charge < -0.3 is 5.32 Å². The molecular weight excluding hydrogens is 254 g/mol. The predicted octanol–water partition coefficient (Wildman–Crippen LogP) is 3.22. The highest BCUT2D eigenvalue weighted by Crippen LogP contribution is 2.20. The molecule has 0 aliphatic rings. The van der Waals surface area contributed by atoms with E-state index in [1.54, 1.807) is 11.8 Å². The number of alkyl halides is 1. The van der Waals surface area contributed by atoms with Crippen molar-refractivity contribution in [2.24, 2.45) is 0 Å². The first-order valence-corrected chi connectivity index (χ1v) is 7.46. The van der Waals surface area contributed by atoms with E-state index < -0.39 is 5.38 Å². The Morgan fingerprint density at radius 3 is 2.65 bits per heavy atom. The maximum Gasteiger partial charge on any atom is 0.242 e. The second-order valence-electron chi connectivity index (χ2n) is 3.96. The normalized spacial score (nSPS) is 14.1. The van der Waals surface area contributed by atoms with Crippen molar-refractivity contribution < 1.29 is 4.79 Å². The van der Waals surface area contributed by atoms with E-state index >= 15 is 0 Å². The maximum absolute atomic E-state index is 11.9. The van der Waals surface area contributed by atoms with Crippen molar-refractivity contribution >= 4 is 29.3 Å². The topological polar surface area (TPSA) is 29.1 Å². The summed E-state index contributed by atoms with van der Waals surface area (Å²) in [5.74, 6) is 0.922. The Kier molecular flexibility index (Phi) is 6.45. The summed E-state index contributed by atoms with van der Waals surface area (Å²) in [6.45, 7) is 2.00.